The molecule has 0 saturated carbocycles. The van der Waals surface area contributed by atoms with Gasteiger partial charge in [-0.05, 0) is 80.7 Å². The van der Waals surface area contributed by atoms with Crippen LogP contribution in [-0.4, -0.2) is 63.7 Å². The molecule has 0 radical (unpaired) electrons. The molecule has 4 aromatic rings. The van der Waals surface area contributed by atoms with Crippen molar-refractivity contribution in [2.45, 2.75) is 51.7 Å². The first-order valence-corrected chi connectivity index (χ1v) is 15.8. The number of ether oxygens (including phenoxy) is 1. The molecule has 9 heteroatoms. The van der Waals surface area contributed by atoms with Crippen LogP contribution >= 0.6 is 11.3 Å². The highest BCUT2D eigenvalue weighted by Gasteiger charge is 2.26. The minimum absolute atomic E-state index is 0.0528. The van der Waals surface area contributed by atoms with E-state index in [0.29, 0.717) is 42.2 Å². The summed E-state index contributed by atoms with van der Waals surface area (Å²) in [6, 6.07) is 19.4. The maximum absolute atomic E-state index is 13.1. The Morgan fingerprint density at radius 2 is 1.77 bits per heavy atom. The van der Waals surface area contributed by atoms with Gasteiger partial charge in [0, 0.05) is 56.7 Å². The first-order valence-electron chi connectivity index (χ1n) is 15.0. The van der Waals surface area contributed by atoms with Crippen molar-refractivity contribution >= 4 is 33.2 Å². The Labute approximate surface area is 255 Å². The van der Waals surface area contributed by atoms with E-state index in [-0.39, 0.29) is 17.8 Å². The molecule has 2 aliphatic rings. The number of carbonyl (C=O) groups is 2. The third-order valence-corrected chi connectivity index (χ3v) is 9.42. The molecule has 0 bridgehead atoms. The van der Waals surface area contributed by atoms with E-state index in [1.54, 1.807) is 29.7 Å². The Hall–Kier alpha value is -4.13. The van der Waals surface area contributed by atoms with Crippen molar-refractivity contribution in [3.8, 4) is 11.8 Å². The van der Waals surface area contributed by atoms with E-state index in [1.165, 1.54) is 5.56 Å². The molecule has 0 aliphatic carbocycles. The fourth-order valence-corrected chi connectivity index (χ4v) is 6.79. The fraction of sp³-hybridized carbons (Fsp3) is 0.382. The fourth-order valence-electron chi connectivity index (χ4n) is 5.98. The summed E-state index contributed by atoms with van der Waals surface area (Å²) < 4.78 is 7.37. The van der Waals surface area contributed by atoms with E-state index in [2.05, 4.69) is 27.0 Å². The second-order valence-electron chi connectivity index (χ2n) is 11.6. The molecule has 2 aromatic carbocycles. The maximum atomic E-state index is 13.1. The van der Waals surface area contributed by atoms with Crippen molar-refractivity contribution in [1.29, 1.82) is 5.26 Å². The Bertz CT molecular complexity index is 1630. The van der Waals surface area contributed by atoms with E-state index >= 15 is 0 Å². The summed E-state index contributed by atoms with van der Waals surface area (Å²) in [7, 11) is 0. The number of nitrogens with zero attached hydrogens (tertiary/aromatic N) is 5. The third-order valence-electron chi connectivity index (χ3n) is 8.47. The molecule has 43 heavy (non-hydrogen) atoms. The van der Waals surface area contributed by atoms with E-state index in [4.69, 9.17) is 10.00 Å². The van der Waals surface area contributed by atoms with Crippen LogP contribution in [0.4, 0.5) is 0 Å². The van der Waals surface area contributed by atoms with E-state index in [1.807, 2.05) is 48.2 Å². The van der Waals surface area contributed by atoms with Crippen LogP contribution in [0.5, 0.6) is 5.75 Å². The van der Waals surface area contributed by atoms with Gasteiger partial charge in [-0.15, -0.1) is 11.3 Å². The molecule has 0 unspecified atom stereocenters. The topological polar surface area (TPSA) is 99.4 Å². The van der Waals surface area contributed by atoms with Crippen molar-refractivity contribution in [3.63, 3.8) is 0 Å². The minimum atomic E-state index is -0.105. The lowest BCUT2D eigenvalue weighted by Crippen LogP contribution is -2.42. The summed E-state index contributed by atoms with van der Waals surface area (Å²) in [5, 5.41) is 10.0. The molecule has 1 amide bonds. The maximum Gasteiger partial charge on any atom is 0.272 e. The van der Waals surface area contributed by atoms with E-state index in [0.717, 1.165) is 66.3 Å². The lowest BCUT2D eigenvalue weighted by molar-refractivity contribution is 0.0590. The zero-order valence-electron chi connectivity index (χ0n) is 24.4. The van der Waals surface area contributed by atoms with Gasteiger partial charge in [0.2, 0.25) is 0 Å². The number of piperidine rings is 2. The zero-order chi connectivity index (χ0) is 29.8. The molecule has 6 rings (SSSR count). The number of Topliss-reactive ketones (excluding diaryl/α,β-unsaturated/α-hetero) is 1. The predicted octanol–water partition coefficient (Wildman–Crippen LogP) is 6.04. The summed E-state index contributed by atoms with van der Waals surface area (Å²) in [6.45, 7) is 5.98. The average Bonchev–Trinajstić information content (AvgIpc) is 3.42. The summed E-state index contributed by atoms with van der Waals surface area (Å²) in [4.78, 5) is 39.3. The number of pyridine rings is 1. The zero-order valence-corrected chi connectivity index (χ0v) is 25.2. The smallest absolute Gasteiger partial charge is 0.272 e. The van der Waals surface area contributed by atoms with Crippen molar-refractivity contribution in [2.75, 3.05) is 26.2 Å². The normalized spacial score (nSPS) is 16.7. The number of nitriles is 1. The van der Waals surface area contributed by atoms with Gasteiger partial charge in [-0.2, -0.15) is 5.26 Å². The number of carbonyl (C=O) groups excluding carboxylic acids is 2. The van der Waals surface area contributed by atoms with Gasteiger partial charge in [0.1, 0.15) is 17.5 Å². The number of rotatable bonds is 8. The van der Waals surface area contributed by atoms with Gasteiger partial charge in [-0.1, -0.05) is 12.1 Å². The van der Waals surface area contributed by atoms with Gasteiger partial charge in [0.25, 0.3) is 5.91 Å². The van der Waals surface area contributed by atoms with Crippen LogP contribution in [0.15, 0.2) is 60.8 Å². The molecular weight excluding hydrogens is 558 g/mol. The van der Waals surface area contributed by atoms with Gasteiger partial charge in [0.05, 0.1) is 26.9 Å². The SMILES string of the molecule is Cc1nc2cc(OC3CCN(C(=O)c4ccc(C(=O)CC5CCN(Cc6ccc(C#N)cc6)CC5)cn4)CC3)ccc2s1. The van der Waals surface area contributed by atoms with Crippen molar-refractivity contribution in [3.05, 3.63) is 88.2 Å². The van der Waals surface area contributed by atoms with Gasteiger partial charge in [-0.3, -0.25) is 19.5 Å². The number of aromatic nitrogens is 2. The van der Waals surface area contributed by atoms with Crippen LogP contribution in [0.1, 0.15) is 69.1 Å². The number of hydrogen-bond donors (Lipinski definition) is 0. The second-order valence-corrected chi connectivity index (χ2v) is 12.8. The number of thiazole rings is 1. The van der Waals surface area contributed by atoms with Crippen LogP contribution in [-0.2, 0) is 6.54 Å². The number of likely N-dealkylation sites (tertiary alicyclic amines) is 2. The molecule has 4 heterocycles. The van der Waals surface area contributed by atoms with Crippen LogP contribution in [0.25, 0.3) is 10.2 Å². The second kappa shape index (κ2) is 13.0. The molecule has 2 saturated heterocycles. The predicted molar refractivity (Wildman–Crippen MR) is 166 cm³/mol. The molecule has 8 nitrogen and oxygen atoms in total. The Morgan fingerprint density at radius 1 is 1.00 bits per heavy atom. The van der Waals surface area contributed by atoms with Crippen LogP contribution < -0.4 is 4.74 Å². The van der Waals surface area contributed by atoms with Crippen molar-refractivity contribution < 1.29 is 14.3 Å². The molecule has 0 N–H and O–H groups in total. The average molecular weight is 594 g/mol. The van der Waals surface area contributed by atoms with Gasteiger partial charge < -0.3 is 9.64 Å². The third kappa shape index (κ3) is 7.10. The van der Waals surface area contributed by atoms with Crippen LogP contribution in [0, 0.1) is 24.2 Å². The monoisotopic (exact) mass is 593 g/mol. The van der Waals surface area contributed by atoms with Gasteiger partial charge in [-0.25, -0.2) is 4.98 Å². The first kappa shape index (κ1) is 29.0. The number of aryl methyl sites for hydroxylation is 1. The number of amides is 1. The summed E-state index contributed by atoms with van der Waals surface area (Å²) >= 11 is 1.68. The number of ketones is 1. The highest BCUT2D eigenvalue weighted by atomic mass is 32.1. The highest BCUT2D eigenvalue weighted by molar-refractivity contribution is 7.18. The van der Waals surface area contributed by atoms with Gasteiger partial charge >= 0.3 is 0 Å². The summed E-state index contributed by atoms with van der Waals surface area (Å²) in [5.41, 5.74) is 3.77. The Balaban J connectivity index is 0.944. The molecule has 2 fully saturated rings. The van der Waals surface area contributed by atoms with Crippen LogP contribution in [0.2, 0.25) is 0 Å². The number of hydrogen-bond acceptors (Lipinski definition) is 8. The molecule has 0 atom stereocenters. The summed E-state index contributed by atoms with van der Waals surface area (Å²) in [6.07, 6.45) is 5.57. The molecule has 2 aliphatic heterocycles. The lowest BCUT2D eigenvalue weighted by atomic mass is 9.90. The molecular formula is C34H35N5O3S. The van der Waals surface area contributed by atoms with Crippen molar-refractivity contribution in [1.82, 2.24) is 19.8 Å². The standard InChI is InChI=1S/C34H35N5O3S/c1-23-37-31-19-29(7-9-33(31)43-23)42-28-12-16-39(17-13-28)34(41)30-8-6-27(21-36-30)32(40)18-24-10-14-38(15-11-24)22-26-4-2-25(20-35)3-5-26/h2-9,19,21,24,28H,10-18,22H2,1H3. The van der Waals surface area contributed by atoms with Crippen LogP contribution in [0.3, 0.4) is 0 Å². The van der Waals surface area contributed by atoms with Gasteiger partial charge in [0.15, 0.2) is 5.78 Å². The van der Waals surface area contributed by atoms with Crippen molar-refractivity contribution in [2.24, 2.45) is 5.92 Å². The minimum Gasteiger partial charge on any atom is -0.490 e. The summed E-state index contributed by atoms with van der Waals surface area (Å²) in [5.74, 6) is 1.15. The first-order chi connectivity index (χ1) is 20.9. The van der Waals surface area contributed by atoms with E-state index in [9.17, 15) is 9.59 Å². The largest absolute Gasteiger partial charge is 0.490 e. The Kier molecular flexibility index (Phi) is 8.77. The van der Waals surface area contributed by atoms with E-state index < -0.39 is 0 Å². The number of fused-ring (bicyclic) bond motifs is 1. The lowest BCUT2D eigenvalue weighted by Gasteiger charge is -2.32. The molecule has 220 valence electrons. The highest BCUT2D eigenvalue weighted by Crippen LogP contribution is 2.28. The number of benzene rings is 2. The Morgan fingerprint density at radius 3 is 2.47 bits per heavy atom. The molecule has 2 aromatic heterocycles. The quantitative estimate of drug-likeness (QED) is 0.230. The molecule has 0 spiro atoms.